The normalized spacial score (nSPS) is 10.1. The van der Waals surface area contributed by atoms with Gasteiger partial charge in [-0.25, -0.2) is 0 Å². The first-order valence-corrected chi connectivity index (χ1v) is 9.07. The molecule has 0 aromatic heterocycles. The number of benzene rings is 2. The highest BCUT2D eigenvalue weighted by atomic mass is 16.5. The van der Waals surface area contributed by atoms with Gasteiger partial charge in [0.2, 0.25) is 0 Å². The van der Waals surface area contributed by atoms with Crippen LogP contribution in [0.2, 0.25) is 0 Å². The Kier molecular flexibility index (Phi) is 8.16. The van der Waals surface area contributed by atoms with Crippen molar-refractivity contribution in [3.63, 3.8) is 0 Å². The number of hydrogen-bond donors (Lipinski definition) is 2. The molecule has 0 fully saturated rings. The Labute approximate surface area is 159 Å². The predicted octanol–water partition coefficient (Wildman–Crippen LogP) is 3.17. The van der Waals surface area contributed by atoms with Crippen LogP contribution in [0.5, 0.6) is 11.5 Å². The van der Waals surface area contributed by atoms with Crippen molar-refractivity contribution in [1.29, 1.82) is 0 Å². The third-order valence-corrected chi connectivity index (χ3v) is 3.95. The molecule has 2 N–H and O–H groups in total. The number of nitrogens with one attached hydrogen (secondary N) is 2. The molecule has 0 aliphatic carbocycles. The van der Waals surface area contributed by atoms with Crippen LogP contribution in [0.15, 0.2) is 48.5 Å². The molecule has 0 aliphatic rings. The van der Waals surface area contributed by atoms with Gasteiger partial charge in [0.15, 0.2) is 0 Å². The van der Waals surface area contributed by atoms with Crippen LogP contribution in [0.1, 0.15) is 25.3 Å². The lowest BCUT2D eigenvalue weighted by Gasteiger charge is -2.09. The van der Waals surface area contributed by atoms with Crippen molar-refractivity contribution in [2.75, 3.05) is 25.6 Å². The smallest absolute Gasteiger partial charge is 0.313 e. The molecule has 144 valence electrons. The number of anilines is 1. The summed E-state index contributed by atoms with van der Waals surface area (Å²) in [7, 11) is 1.59. The standard InChI is InChI=1S/C21H26N2O4/c1-3-4-5-16-6-8-17(9-7-16)23-21(25)20(24)22-14-15-27-19-12-10-18(26-2)11-13-19/h6-13H,3-5,14-15H2,1-2H3,(H,22,24)(H,23,25). The highest BCUT2D eigenvalue weighted by molar-refractivity contribution is 6.39. The fraction of sp³-hybridized carbons (Fsp3) is 0.333. The van der Waals surface area contributed by atoms with E-state index in [0.717, 1.165) is 25.0 Å². The first kappa shape index (κ1) is 20.3. The molecule has 0 unspecified atom stereocenters. The van der Waals surface area contributed by atoms with Crippen molar-refractivity contribution in [2.24, 2.45) is 0 Å². The van der Waals surface area contributed by atoms with Gasteiger partial charge in [-0.3, -0.25) is 9.59 Å². The molecular weight excluding hydrogens is 344 g/mol. The summed E-state index contributed by atoms with van der Waals surface area (Å²) in [5.41, 5.74) is 1.82. The van der Waals surface area contributed by atoms with Crippen LogP contribution < -0.4 is 20.1 Å². The highest BCUT2D eigenvalue weighted by Gasteiger charge is 2.13. The zero-order chi connectivity index (χ0) is 19.5. The van der Waals surface area contributed by atoms with Gasteiger partial charge >= 0.3 is 11.8 Å². The van der Waals surface area contributed by atoms with E-state index in [1.165, 1.54) is 5.56 Å². The monoisotopic (exact) mass is 370 g/mol. The number of unbranched alkanes of at least 4 members (excludes halogenated alkanes) is 1. The van der Waals surface area contributed by atoms with E-state index in [9.17, 15) is 9.59 Å². The van der Waals surface area contributed by atoms with E-state index in [4.69, 9.17) is 9.47 Å². The van der Waals surface area contributed by atoms with E-state index >= 15 is 0 Å². The highest BCUT2D eigenvalue weighted by Crippen LogP contribution is 2.16. The molecule has 0 aliphatic heterocycles. The van der Waals surface area contributed by atoms with Gasteiger partial charge in [-0.05, 0) is 54.8 Å². The van der Waals surface area contributed by atoms with E-state index in [2.05, 4.69) is 17.6 Å². The number of carbonyl (C=O) groups is 2. The van der Waals surface area contributed by atoms with Crippen LogP contribution in [-0.2, 0) is 16.0 Å². The summed E-state index contributed by atoms with van der Waals surface area (Å²) in [4.78, 5) is 23.8. The molecular formula is C21H26N2O4. The number of hydrogen-bond acceptors (Lipinski definition) is 4. The Hall–Kier alpha value is -3.02. The maximum atomic E-state index is 11.9. The van der Waals surface area contributed by atoms with Crippen LogP contribution in [0.25, 0.3) is 0 Å². The molecule has 2 aromatic carbocycles. The average molecular weight is 370 g/mol. The predicted molar refractivity (Wildman–Crippen MR) is 105 cm³/mol. The zero-order valence-electron chi connectivity index (χ0n) is 15.8. The molecule has 0 spiro atoms. The summed E-state index contributed by atoms with van der Waals surface area (Å²) in [6.07, 6.45) is 3.28. The number of amides is 2. The van der Waals surface area contributed by atoms with Crippen LogP contribution >= 0.6 is 0 Å². The molecule has 6 heteroatoms. The van der Waals surface area contributed by atoms with Gasteiger partial charge in [0, 0.05) is 5.69 Å². The average Bonchev–Trinajstić information content (AvgIpc) is 2.71. The zero-order valence-corrected chi connectivity index (χ0v) is 15.8. The maximum Gasteiger partial charge on any atom is 0.313 e. The minimum atomic E-state index is -0.694. The second-order valence-corrected chi connectivity index (χ2v) is 6.03. The summed E-state index contributed by atoms with van der Waals surface area (Å²) in [6.45, 7) is 2.64. The second kappa shape index (κ2) is 10.9. The third-order valence-electron chi connectivity index (χ3n) is 3.95. The summed E-state index contributed by atoms with van der Waals surface area (Å²) in [6, 6.07) is 14.7. The first-order valence-electron chi connectivity index (χ1n) is 9.07. The molecule has 0 radical (unpaired) electrons. The van der Waals surface area contributed by atoms with Gasteiger partial charge in [0.1, 0.15) is 18.1 Å². The van der Waals surface area contributed by atoms with Crippen LogP contribution in [0.3, 0.4) is 0 Å². The lowest BCUT2D eigenvalue weighted by Crippen LogP contribution is -2.37. The molecule has 0 atom stereocenters. The quantitative estimate of drug-likeness (QED) is 0.525. The van der Waals surface area contributed by atoms with Gasteiger partial charge in [-0.1, -0.05) is 25.5 Å². The minimum Gasteiger partial charge on any atom is -0.497 e. The van der Waals surface area contributed by atoms with Crippen molar-refractivity contribution in [3.05, 3.63) is 54.1 Å². The molecule has 2 amide bonds. The van der Waals surface area contributed by atoms with Crippen molar-refractivity contribution in [3.8, 4) is 11.5 Å². The molecule has 6 nitrogen and oxygen atoms in total. The van der Waals surface area contributed by atoms with E-state index < -0.39 is 11.8 Å². The van der Waals surface area contributed by atoms with Gasteiger partial charge in [0.25, 0.3) is 0 Å². The molecule has 27 heavy (non-hydrogen) atoms. The molecule has 0 bridgehead atoms. The Morgan fingerprint density at radius 2 is 1.59 bits per heavy atom. The van der Waals surface area contributed by atoms with Crippen molar-refractivity contribution in [1.82, 2.24) is 5.32 Å². The molecule has 0 saturated heterocycles. The fourth-order valence-electron chi connectivity index (χ4n) is 2.41. The number of carbonyl (C=O) groups excluding carboxylic acids is 2. The largest absolute Gasteiger partial charge is 0.497 e. The summed E-state index contributed by atoms with van der Waals surface area (Å²) >= 11 is 0. The van der Waals surface area contributed by atoms with E-state index in [1.807, 2.05) is 24.3 Å². The Balaban J connectivity index is 1.69. The van der Waals surface area contributed by atoms with Crippen LogP contribution in [-0.4, -0.2) is 32.1 Å². The van der Waals surface area contributed by atoms with Crippen LogP contribution in [0, 0.1) is 0 Å². The Morgan fingerprint density at radius 3 is 2.22 bits per heavy atom. The second-order valence-electron chi connectivity index (χ2n) is 6.03. The Morgan fingerprint density at radius 1 is 0.926 bits per heavy atom. The van der Waals surface area contributed by atoms with Crippen LogP contribution in [0.4, 0.5) is 5.69 Å². The topological polar surface area (TPSA) is 76.7 Å². The summed E-state index contributed by atoms with van der Waals surface area (Å²) < 4.78 is 10.6. The van der Waals surface area contributed by atoms with Crippen molar-refractivity contribution < 1.29 is 19.1 Å². The van der Waals surface area contributed by atoms with Crippen molar-refractivity contribution in [2.45, 2.75) is 26.2 Å². The van der Waals surface area contributed by atoms with Gasteiger partial charge < -0.3 is 20.1 Å². The maximum absolute atomic E-state index is 11.9. The SMILES string of the molecule is CCCCc1ccc(NC(=O)C(=O)NCCOc2ccc(OC)cc2)cc1. The number of aryl methyl sites for hydroxylation is 1. The molecule has 0 saturated carbocycles. The van der Waals surface area contributed by atoms with Crippen molar-refractivity contribution >= 4 is 17.5 Å². The lowest BCUT2D eigenvalue weighted by molar-refractivity contribution is -0.136. The lowest BCUT2D eigenvalue weighted by atomic mass is 10.1. The molecule has 2 aromatic rings. The first-order chi connectivity index (χ1) is 13.1. The third kappa shape index (κ3) is 7.01. The number of methoxy groups -OCH3 is 1. The molecule has 0 heterocycles. The van der Waals surface area contributed by atoms with Gasteiger partial charge in [-0.2, -0.15) is 0 Å². The van der Waals surface area contributed by atoms with E-state index in [1.54, 1.807) is 31.4 Å². The van der Waals surface area contributed by atoms with E-state index in [-0.39, 0.29) is 13.2 Å². The van der Waals surface area contributed by atoms with Gasteiger partial charge in [-0.15, -0.1) is 0 Å². The summed E-state index contributed by atoms with van der Waals surface area (Å²) in [5, 5.41) is 5.12. The number of ether oxygens (including phenoxy) is 2. The number of rotatable bonds is 9. The summed E-state index contributed by atoms with van der Waals surface area (Å²) in [5.74, 6) is 0.0209. The molecule has 2 rings (SSSR count). The van der Waals surface area contributed by atoms with E-state index in [0.29, 0.717) is 11.4 Å². The Bertz CT molecular complexity index is 727. The minimum absolute atomic E-state index is 0.230. The van der Waals surface area contributed by atoms with Gasteiger partial charge in [0.05, 0.1) is 13.7 Å². The fourth-order valence-corrected chi connectivity index (χ4v) is 2.41.